The number of carbonyl (C=O) groups excluding carboxylic acids is 2. The fraction of sp³-hybridized carbons (Fsp3) is 0.500. The number of aliphatic carboxylic acids is 1. The Morgan fingerprint density at radius 3 is 2.52 bits per heavy atom. The maximum Gasteiger partial charge on any atom is 0.329 e. The molecule has 0 aromatic heterocycles. The molecule has 0 aliphatic carbocycles. The molecule has 1 aromatic carbocycles. The molecule has 0 radical (unpaired) electrons. The van der Waals surface area contributed by atoms with Gasteiger partial charge in [-0.05, 0) is 43.9 Å². The second-order valence-corrected chi connectivity index (χ2v) is 7.36. The van der Waals surface area contributed by atoms with Crippen LogP contribution in [0.2, 0.25) is 0 Å². The molecule has 2 N–H and O–H groups in total. The summed E-state index contributed by atoms with van der Waals surface area (Å²) in [7, 11) is 0. The first-order valence-electron chi connectivity index (χ1n) is 8.30. The van der Waals surface area contributed by atoms with Gasteiger partial charge in [-0.25, -0.2) is 4.79 Å². The predicted molar refractivity (Wildman–Crippen MR) is 97.8 cm³/mol. The molecular formula is C18H24N2O4S. The lowest BCUT2D eigenvalue weighted by atomic mass is 9.95. The van der Waals surface area contributed by atoms with Crippen molar-refractivity contribution in [1.29, 1.82) is 0 Å². The summed E-state index contributed by atoms with van der Waals surface area (Å²) in [4.78, 5) is 39.0. The van der Waals surface area contributed by atoms with E-state index in [0.717, 1.165) is 10.6 Å². The van der Waals surface area contributed by atoms with Gasteiger partial charge in [0.25, 0.3) is 0 Å². The van der Waals surface area contributed by atoms with Gasteiger partial charge >= 0.3 is 5.97 Å². The molecule has 136 valence electrons. The van der Waals surface area contributed by atoms with Gasteiger partial charge in [0.1, 0.15) is 5.54 Å². The summed E-state index contributed by atoms with van der Waals surface area (Å²) < 4.78 is 0. The number of thioether (sulfide) groups is 1. The van der Waals surface area contributed by atoms with Gasteiger partial charge in [-0.2, -0.15) is 0 Å². The van der Waals surface area contributed by atoms with Crippen LogP contribution < -0.4 is 10.2 Å². The van der Waals surface area contributed by atoms with Crippen molar-refractivity contribution in [1.82, 2.24) is 5.32 Å². The number of carbonyl (C=O) groups is 3. The summed E-state index contributed by atoms with van der Waals surface area (Å²) >= 11 is 1.62. The van der Waals surface area contributed by atoms with Crippen molar-refractivity contribution in [2.24, 2.45) is 5.92 Å². The minimum Gasteiger partial charge on any atom is -0.480 e. The molecule has 0 spiro atoms. The number of carboxylic acid groups (broad SMARTS) is 1. The first-order chi connectivity index (χ1) is 11.8. The zero-order chi connectivity index (χ0) is 18.6. The number of rotatable bonds is 7. The molecule has 7 heteroatoms. The lowest BCUT2D eigenvalue weighted by Crippen LogP contribution is -2.54. The van der Waals surface area contributed by atoms with Gasteiger partial charge in [0, 0.05) is 23.5 Å². The molecule has 0 saturated carbocycles. The van der Waals surface area contributed by atoms with E-state index in [4.69, 9.17) is 0 Å². The van der Waals surface area contributed by atoms with E-state index in [2.05, 4.69) is 5.32 Å². The Morgan fingerprint density at radius 1 is 1.36 bits per heavy atom. The van der Waals surface area contributed by atoms with Crippen LogP contribution in [0, 0.1) is 5.92 Å². The summed E-state index contributed by atoms with van der Waals surface area (Å²) in [5.74, 6) is -2.10. The lowest BCUT2D eigenvalue weighted by Gasteiger charge is -2.27. The fourth-order valence-corrected chi connectivity index (χ4v) is 3.40. The minimum atomic E-state index is -1.30. The van der Waals surface area contributed by atoms with Gasteiger partial charge in [0.15, 0.2) is 0 Å². The standard InChI is InChI=1S/C18H24N2O4S/c1-4-9-18(2,17(23)24)19-16(22)12-10-15(21)20(11-12)13-5-7-14(25-3)8-6-13/h5-8,12H,4,9-11H2,1-3H3,(H,19,22)(H,23,24). The second kappa shape index (κ2) is 7.91. The van der Waals surface area contributed by atoms with Crippen LogP contribution in [0.4, 0.5) is 5.69 Å². The molecule has 0 bridgehead atoms. The molecule has 1 saturated heterocycles. The van der Waals surface area contributed by atoms with E-state index < -0.39 is 17.4 Å². The predicted octanol–water partition coefficient (Wildman–Crippen LogP) is 2.52. The van der Waals surface area contributed by atoms with E-state index in [1.807, 2.05) is 37.4 Å². The molecule has 1 fully saturated rings. The zero-order valence-corrected chi connectivity index (χ0v) is 15.6. The third-order valence-electron chi connectivity index (χ3n) is 4.50. The first-order valence-corrected chi connectivity index (χ1v) is 9.53. The van der Waals surface area contributed by atoms with Crippen LogP contribution in [-0.4, -0.2) is 41.2 Å². The minimum absolute atomic E-state index is 0.0952. The second-order valence-electron chi connectivity index (χ2n) is 6.48. The normalized spacial score (nSPS) is 19.6. The quantitative estimate of drug-likeness (QED) is 0.726. The van der Waals surface area contributed by atoms with E-state index in [1.54, 1.807) is 16.7 Å². The molecule has 1 aromatic rings. The number of hydrogen-bond donors (Lipinski definition) is 2. The Hall–Kier alpha value is -2.02. The highest BCUT2D eigenvalue weighted by Gasteiger charge is 2.40. The number of nitrogens with zero attached hydrogens (tertiary/aromatic N) is 1. The van der Waals surface area contributed by atoms with Crippen LogP contribution in [0.5, 0.6) is 0 Å². The summed E-state index contributed by atoms with van der Waals surface area (Å²) in [5, 5.41) is 12.0. The number of benzene rings is 1. The maximum absolute atomic E-state index is 12.5. The summed E-state index contributed by atoms with van der Waals surface area (Å²) in [6.07, 6.45) is 3.05. The van der Waals surface area contributed by atoms with Gasteiger partial charge in [-0.1, -0.05) is 13.3 Å². The van der Waals surface area contributed by atoms with Gasteiger partial charge in [0.05, 0.1) is 5.92 Å². The average Bonchev–Trinajstić information content (AvgIpc) is 2.97. The SMILES string of the molecule is CCCC(C)(NC(=O)C1CC(=O)N(c2ccc(SC)cc2)C1)C(=O)O. The molecular weight excluding hydrogens is 340 g/mol. The van der Waals surface area contributed by atoms with E-state index in [0.29, 0.717) is 12.8 Å². The number of amides is 2. The highest BCUT2D eigenvalue weighted by atomic mass is 32.2. The van der Waals surface area contributed by atoms with Crippen LogP contribution in [-0.2, 0) is 14.4 Å². The third-order valence-corrected chi connectivity index (χ3v) is 5.24. The molecule has 6 nitrogen and oxygen atoms in total. The van der Waals surface area contributed by atoms with Gasteiger partial charge in [-0.3, -0.25) is 9.59 Å². The van der Waals surface area contributed by atoms with Gasteiger partial charge in [-0.15, -0.1) is 11.8 Å². The smallest absolute Gasteiger partial charge is 0.329 e. The van der Waals surface area contributed by atoms with Crippen LogP contribution in [0.3, 0.4) is 0 Å². The fourth-order valence-electron chi connectivity index (χ4n) is 2.99. The third kappa shape index (κ3) is 4.34. The van der Waals surface area contributed by atoms with Crippen LogP contribution in [0.25, 0.3) is 0 Å². The largest absolute Gasteiger partial charge is 0.480 e. The number of anilines is 1. The Kier molecular flexibility index (Phi) is 6.11. The molecule has 2 rings (SSSR count). The molecule has 25 heavy (non-hydrogen) atoms. The topological polar surface area (TPSA) is 86.7 Å². The summed E-state index contributed by atoms with van der Waals surface area (Å²) in [5.41, 5.74) is -0.546. The number of carboxylic acids is 1. The van der Waals surface area contributed by atoms with Crippen molar-refractivity contribution in [3.05, 3.63) is 24.3 Å². The van der Waals surface area contributed by atoms with Crippen molar-refractivity contribution >= 4 is 35.2 Å². The summed E-state index contributed by atoms with van der Waals surface area (Å²) in [6.45, 7) is 3.64. The molecule has 1 heterocycles. The Labute approximate surface area is 152 Å². The van der Waals surface area contributed by atoms with E-state index in [-0.39, 0.29) is 24.8 Å². The van der Waals surface area contributed by atoms with Gasteiger partial charge < -0.3 is 15.3 Å². The van der Waals surface area contributed by atoms with Crippen molar-refractivity contribution in [3.8, 4) is 0 Å². The van der Waals surface area contributed by atoms with Gasteiger partial charge in [0.2, 0.25) is 11.8 Å². The molecule has 1 aliphatic rings. The van der Waals surface area contributed by atoms with Crippen LogP contribution in [0.15, 0.2) is 29.2 Å². The molecule has 2 amide bonds. The van der Waals surface area contributed by atoms with Crippen molar-refractivity contribution in [2.45, 2.75) is 43.5 Å². The van der Waals surface area contributed by atoms with Crippen molar-refractivity contribution in [2.75, 3.05) is 17.7 Å². The van der Waals surface area contributed by atoms with Crippen molar-refractivity contribution in [3.63, 3.8) is 0 Å². The highest BCUT2D eigenvalue weighted by molar-refractivity contribution is 7.98. The maximum atomic E-state index is 12.5. The first kappa shape index (κ1) is 19.3. The van der Waals surface area contributed by atoms with E-state index >= 15 is 0 Å². The van der Waals surface area contributed by atoms with Crippen LogP contribution in [0.1, 0.15) is 33.1 Å². The lowest BCUT2D eigenvalue weighted by molar-refractivity contribution is -0.147. The average molecular weight is 364 g/mol. The Morgan fingerprint density at radius 2 is 2.00 bits per heavy atom. The van der Waals surface area contributed by atoms with E-state index in [9.17, 15) is 19.5 Å². The number of hydrogen-bond acceptors (Lipinski definition) is 4. The highest BCUT2D eigenvalue weighted by Crippen LogP contribution is 2.27. The Balaban J connectivity index is 2.08. The molecule has 1 aliphatic heterocycles. The van der Waals surface area contributed by atoms with Crippen LogP contribution >= 0.6 is 11.8 Å². The zero-order valence-electron chi connectivity index (χ0n) is 14.7. The number of nitrogens with one attached hydrogen (secondary N) is 1. The Bertz CT molecular complexity index is 662. The monoisotopic (exact) mass is 364 g/mol. The molecule has 2 atom stereocenters. The summed E-state index contributed by atoms with van der Waals surface area (Å²) in [6, 6.07) is 7.60. The van der Waals surface area contributed by atoms with E-state index in [1.165, 1.54) is 6.92 Å². The van der Waals surface area contributed by atoms with Crippen molar-refractivity contribution < 1.29 is 19.5 Å². The molecule has 2 unspecified atom stereocenters.